The van der Waals surface area contributed by atoms with E-state index in [0.29, 0.717) is 17.6 Å². The van der Waals surface area contributed by atoms with Crippen molar-refractivity contribution in [2.75, 3.05) is 11.1 Å². The first kappa shape index (κ1) is 15.6. The fourth-order valence-electron chi connectivity index (χ4n) is 1.84. The topological polar surface area (TPSA) is 60.2 Å². The van der Waals surface area contributed by atoms with E-state index in [1.807, 2.05) is 32.9 Å². The SMILES string of the molecule is CCCC(CC)Nc1ccc(N)c(OC(C)(C)C)n1. The number of nitrogens with one attached hydrogen (secondary N) is 1. The number of aromatic nitrogens is 1. The molecular formula is C15H27N3O. The molecule has 0 saturated carbocycles. The molecule has 0 spiro atoms. The van der Waals surface area contributed by atoms with E-state index in [2.05, 4.69) is 24.1 Å². The summed E-state index contributed by atoms with van der Waals surface area (Å²) in [5, 5.41) is 3.44. The minimum Gasteiger partial charge on any atom is -0.470 e. The largest absolute Gasteiger partial charge is 0.470 e. The standard InChI is InChI=1S/C15H27N3O/c1-6-8-11(7-2)17-13-10-9-12(16)14(18-13)19-15(3,4)5/h9-11H,6-8,16H2,1-5H3,(H,17,18). The van der Waals surface area contributed by atoms with Gasteiger partial charge in [-0.05, 0) is 45.7 Å². The zero-order valence-electron chi connectivity index (χ0n) is 12.8. The Kier molecular flexibility index (Phi) is 5.45. The fourth-order valence-corrected chi connectivity index (χ4v) is 1.84. The highest BCUT2D eigenvalue weighted by molar-refractivity contribution is 5.54. The molecule has 4 heteroatoms. The number of nitrogens with zero attached hydrogens (tertiary/aromatic N) is 1. The molecule has 0 bridgehead atoms. The molecular weight excluding hydrogens is 238 g/mol. The molecule has 0 aromatic carbocycles. The monoisotopic (exact) mass is 265 g/mol. The molecule has 0 aliphatic rings. The molecule has 3 N–H and O–H groups in total. The highest BCUT2D eigenvalue weighted by Crippen LogP contribution is 2.25. The molecule has 1 aromatic rings. The van der Waals surface area contributed by atoms with Crippen LogP contribution >= 0.6 is 0 Å². The van der Waals surface area contributed by atoms with Crippen molar-refractivity contribution in [3.63, 3.8) is 0 Å². The van der Waals surface area contributed by atoms with Crippen LogP contribution in [-0.2, 0) is 0 Å². The van der Waals surface area contributed by atoms with Crippen LogP contribution in [0, 0.1) is 0 Å². The van der Waals surface area contributed by atoms with Crippen LogP contribution in [0.15, 0.2) is 12.1 Å². The summed E-state index contributed by atoms with van der Waals surface area (Å²) in [4.78, 5) is 4.47. The van der Waals surface area contributed by atoms with E-state index < -0.39 is 0 Å². The second-order valence-electron chi connectivity index (χ2n) is 5.84. The second kappa shape index (κ2) is 6.64. The van der Waals surface area contributed by atoms with E-state index >= 15 is 0 Å². The smallest absolute Gasteiger partial charge is 0.239 e. The van der Waals surface area contributed by atoms with Gasteiger partial charge in [0.25, 0.3) is 0 Å². The van der Waals surface area contributed by atoms with Crippen LogP contribution in [0.2, 0.25) is 0 Å². The highest BCUT2D eigenvalue weighted by atomic mass is 16.5. The lowest BCUT2D eigenvalue weighted by atomic mass is 10.1. The summed E-state index contributed by atoms with van der Waals surface area (Å²) < 4.78 is 5.77. The van der Waals surface area contributed by atoms with Crippen LogP contribution in [0.4, 0.5) is 11.5 Å². The van der Waals surface area contributed by atoms with Gasteiger partial charge < -0.3 is 15.8 Å². The molecule has 0 saturated heterocycles. The average Bonchev–Trinajstić information content (AvgIpc) is 2.31. The normalized spacial score (nSPS) is 13.1. The number of rotatable bonds is 6. The van der Waals surface area contributed by atoms with E-state index in [9.17, 15) is 0 Å². The first-order valence-corrected chi connectivity index (χ1v) is 7.07. The Morgan fingerprint density at radius 3 is 2.53 bits per heavy atom. The molecule has 19 heavy (non-hydrogen) atoms. The Morgan fingerprint density at radius 1 is 1.32 bits per heavy atom. The van der Waals surface area contributed by atoms with Gasteiger partial charge in [-0.15, -0.1) is 0 Å². The van der Waals surface area contributed by atoms with Gasteiger partial charge in [0.2, 0.25) is 5.88 Å². The molecule has 0 radical (unpaired) electrons. The number of nitrogen functional groups attached to an aromatic ring is 1. The molecule has 1 unspecified atom stereocenters. The number of pyridine rings is 1. The zero-order valence-corrected chi connectivity index (χ0v) is 12.8. The summed E-state index contributed by atoms with van der Waals surface area (Å²) in [6, 6.07) is 4.20. The summed E-state index contributed by atoms with van der Waals surface area (Å²) in [7, 11) is 0. The molecule has 0 amide bonds. The van der Waals surface area contributed by atoms with Crippen LogP contribution in [0.25, 0.3) is 0 Å². The zero-order chi connectivity index (χ0) is 14.5. The number of anilines is 2. The number of hydrogen-bond acceptors (Lipinski definition) is 4. The molecule has 0 aliphatic heterocycles. The third kappa shape index (κ3) is 5.37. The Morgan fingerprint density at radius 2 is 2.00 bits per heavy atom. The van der Waals surface area contributed by atoms with Crippen molar-refractivity contribution in [2.45, 2.75) is 65.5 Å². The van der Waals surface area contributed by atoms with E-state index in [1.165, 1.54) is 0 Å². The maximum Gasteiger partial charge on any atom is 0.239 e. The molecule has 108 valence electrons. The highest BCUT2D eigenvalue weighted by Gasteiger charge is 2.16. The van der Waals surface area contributed by atoms with Crippen molar-refractivity contribution in [3.05, 3.63) is 12.1 Å². The van der Waals surface area contributed by atoms with Gasteiger partial charge in [0.15, 0.2) is 0 Å². The maximum absolute atomic E-state index is 5.90. The fraction of sp³-hybridized carbons (Fsp3) is 0.667. The van der Waals surface area contributed by atoms with Gasteiger partial charge in [0.05, 0.1) is 5.69 Å². The van der Waals surface area contributed by atoms with E-state index in [-0.39, 0.29) is 5.60 Å². The summed E-state index contributed by atoms with van der Waals surface area (Å²) in [6.45, 7) is 10.3. The summed E-state index contributed by atoms with van der Waals surface area (Å²) in [5.41, 5.74) is 6.18. The van der Waals surface area contributed by atoms with Gasteiger partial charge in [-0.25, -0.2) is 0 Å². The minimum absolute atomic E-state index is 0.298. The van der Waals surface area contributed by atoms with Crippen molar-refractivity contribution in [3.8, 4) is 5.88 Å². The van der Waals surface area contributed by atoms with Gasteiger partial charge in [0, 0.05) is 6.04 Å². The molecule has 4 nitrogen and oxygen atoms in total. The van der Waals surface area contributed by atoms with Crippen molar-refractivity contribution in [1.29, 1.82) is 0 Å². The van der Waals surface area contributed by atoms with E-state index in [1.54, 1.807) is 0 Å². The lowest BCUT2D eigenvalue weighted by Crippen LogP contribution is -2.25. The van der Waals surface area contributed by atoms with Crippen LogP contribution in [-0.4, -0.2) is 16.6 Å². The molecule has 0 aliphatic carbocycles. The summed E-state index contributed by atoms with van der Waals surface area (Å²) in [6.07, 6.45) is 3.37. The van der Waals surface area contributed by atoms with Gasteiger partial charge >= 0.3 is 0 Å². The summed E-state index contributed by atoms with van der Waals surface area (Å²) in [5.74, 6) is 1.33. The lowest BCUT2D eigenvalue weighted by molar-refractivity contribution is 0.125. The Bertz CT molecular complexity index is 399. The molecule has 1 heterocycles. The van der Waals surface area contributed by atoms with Crippen molar-refractivity contribution in [1.82, 2.24) is 4.98 Å². The Balaban J connectivity index is 2.83. The third-order valence-electron chi connectivity index (χ3n) is 2.77. The molecule has 1 aromatic heterocycles. The van der Waals surface area contributed by atoms with Gasteiger partial charge in [0.1, 0.15) is 11.4 Å². The predicted molar refractivity (Wildman–Crippen MR) is 81.6 cm³/mol. The lowest BCUT2D eigenvalue weighted by Gasteiger charge is -2.23. The average molecular weight is 265 g/mol. The summed E-state index contributed by atoms with van der Waals surface area (Å²) >= 11 is 0. The first-order chi connectivity index (χ1) is 8.85. The molecule has 0 fully saturated rings. The Labute approximate surface area is 116 Å². The van der Waals surface area contributed by atoms with Crippen LogP contribution in [0.1, 0.15) is 53.9 Å². The second-order valence-corrected chi connectivity index (χ2v) is 5.84. The first-order valence-electron chi connectivity index (χ1n) is 7.07. The van der Waals surface area contributed by atoms with E-state index in [4.69, 9.17) is 10.5 Å². The maximum atomic E-state index is 5.90. The number of ether oxygens (including phenoxy) is 1. The number of nitrogens with two attached hydrogens (primary N) is 1. The van der Waals surface area contributed by atoms with Crippen molar-refractivity contribution in [2.24, 2.45) is 0 Å². The number of hydrogen-bond donors (Lipinski definition) is 2. The van der Waals surface area contributed by atoms with Crippen LogP contribution in [0.5, 0.6) is 5.88 Å². The van der Waals surface area contributed by atoms with Crippen molar-refractivity contribution < 1.29 is 4.74 Å². The quantitative estimate of drug-likeness (QED) is 0.820. The van der Waals surface area contributed by atoms with Gasteiger partial charge in [-0.3, -0.25) is 0 Å². The Hall–Kier alpha value is -1.45. The van der Waals surface area contributed by atoms with Gasteiger partial charge in [-0.1, -0.05) is 20.3 Å². The van der Waals surface area contributed by atoms with Gasteiger partial charge in [-0.2, -0.15) is 4.98 Å². The van der Waals surface area contributed by atoms with E-state index in [0.717, 1.165) is 25.1 Å². The molecule has 1 atom stereocenters. The van der Waals surface area contributed by atoms with Crippen LogP contribution < -0.4 is 15.8 Å². The third-order valence-corrected chi connectivity index (χ3v) is 2.77. The molecule has 1 rings (SSSR count). The predicted octanol–water partition coefficient (Wildman–Crippen LogP) is 3.83. The van der Waals surface area contributed by atoms with Crippen molar-refractivity contribution >= 4 is 11.5 Å². The van der Waals surface area contributed by atoms with Crippen LogP contribution in [0.3, 0.4) is 0 Å². The minimum atomic E-state index is -0.298.